The van der Waals surface area contributed by atoms with E-state index in [4.69, 9.17) is 0 Å². The van der Waals surface area contributed by atoms with Gasteiger partial charge in [0.15, 0.2) is 0 Å². The molecule has 3 rings (SSSR count). The molecule has 1 aliphatic rings. The van der Waals surface area contributed by atoms with Crippen molar-refractivity contribution in [1.82, 2.24) is 30.1 Å². The number of carbonyl (C=O) groups excluding carboxylic acids is 1. The molecule has 8 nitrogen and oxygen atoms in total. The standard InChI is InChI=1S/C14H18N6O2/c1-11-2-3-12(15-8-11)14(22)4-6-19(7-5-14)13(21)9-20-10-16-17-18-20/h2-3,8,10,22H,4-7,9H2,1H3. The molecular weight excluding hydrogens is 284 g/mol. The molecule has 0 saturated carbocycles. The Balaban J connectivity index is 1.62. The van der Waals surface area contributed by atoms with E-state index in [-0.39, 0.29) is 12.5 Å². The number of hydrogen-bond acceptors (Lipinski definition) is 6. The van der Waals surface area contributed by atoms with E-state index in [0.717, 1.165) is 5.56 Å². The number of piperidine rings is 1. The zero-order valence-electron chi connectivity index (χ0n) is 12.4. The summed E-state index contributed by atoms with van der Waals surface area (Å²) in [5.41, 5.74) is 0.770. The third kappa shape index (κ3) is 2.96. The number of carbonyl (C=O) groups is 1. The minimum atomic E-state index is -0.959. The van der Waals surface area contributed by atoms with Crippen LogP contribution in [-0.4, -0.2) is 54.2 Å². The average molecular weight is 302 g/mol. The van der Waals surface area contributed by atoms with Crippen LogP contribution in [0.4, 0.5) is 0 Å². The molecule has 1 fully saturated rings. The summed E-state index contributed by atoms with van der Waals surface area (Å²) < 4.78 is 1.39. The summed E-state index contributed by atoms with van der Waals surface area (Å²) in [5.74, 6) is -0.0498. The zero-order valence-corrected chi connectivity index (χ0v) is 12.4. The van der Waals surface area contributed by atoms with E-state index in [9.17, 15) is 9.90 Å². The quantitative estimate of drug-likeness (QED) is 0.849. The highest BCUT2D eigenvalue weighted by molar-refractivity contribution is 5.76. The molecule has 0 spiro atoms. The second-order valence-corrected chi connectivity index (χ2v) is 5.64. The molecule has 0 aromatic carbocycles. The molecule has 3 heterocycles. The van der Waals surface area contributed by atoms with E-state index in [2.05, 4.69) is 20.5 Å². The first-order chi connectivity index (χ1) is 10.6. The Kier molecular flexibility index (Phi) is 3.84. The van der Waals surface area contributed by atoms with Crippen molar-refractivity contribution in [3.05, 3.63) is 35.9 Å². The fraction of sp³-hybridized carbons (Fsp3) is 0.500. The Morgan fingerprint density at radius 3 is 2.73 bits per heavy atom. The number of nitrogens with zero attached hydrogens (tertiary/aromatic N) is 6. The van der Waals surface area contributed by atoms with Crippen LogP contribution >= 0.6 is 0 Å². The van der Waals surface area contributed by atoms with Gasteiger partial charge in [-0.2, -0.15) is 0 Å². The van der Waals surface area contributed by atoms with Crippen LogP contribution in [0.5, 0.6) is 0 Å². The number of aliphatic hydroxyl groups is 1. The summed E-state index contributed by atoms with van der Waals surface area (Å²) >= 11 is 0. The maximum atomic E-state index is 12.2. The summed E-state index contributed by atoms with van der Waals surface area (Å²) in [6.45, 7) is 3.06. The maximum absolute atomic E-state index is 12.2. The maximum Gasteiger partial charge on any atom is 0.244 e. The second-order valence-electron chi connectivity index (χ2n) is 5.64. The van der Waals surface area contributed by atoms with Gasteiger partial charge in [-0.25, -0.2) is 4.68 Å². The lowest BCUT2D eigenvalue weighted by Crippen LogP contribution is -2.46. The molecule has 2 aromatic rings. The van der Waals surface area contributed by atoms with Crippen molar-refractivity contribution in [2.75, 3.05) is 13.1 Å². The summed E-state index contributed by atoms with van der Waals surface area (Å²) in [6.07, 6.45) is 4.12. The first-order valence-corrected chi connectivity index (χ1v) is 7.21. The van der Waals surface area contributed by atoms with Gasteiger partial charge in [0.2, 0.25) is 5.91 Å². The van der Waals surface area contributed by atoms with Crippen molar-refractivity contribution in [2.45, 2.75) is 31.9 Å². The molecule has 116 valence electrons. The van der Waals surface area contributed by atoms with Crippen LogP contribution in [0.3, 0.4) is 0 Å². The Hall–Kier alpha value is -2.35. The first-order valence-electron chi connectivity index (χ1n) is 7.21. The monoisotopic (exact) mass is 302 g/mol. The van der Waals surface area contributed by atoms with Crippen molar-refractivity contribution in [3.63, 3.8) is 0 Å². The number of rotatable bonds is 3. The topological polar surface area (TPSA) is 97.0 Å². The molecule has 1 amide bonds. The Morgan fingerprint density at radius 2 is 2.14 bits per heavy atom. The molecule has 2 aromatic heterocycles. The SMILES string of the molecule is Cc1ccc(C2(O)CCN(C(=O)Cn3cnnn3)CC2)nc1. The van der Waals surface area contributed by atoms with Gasteiger partial charge in [0.25, 0.3) is 0 Å². The van der Waals surface area contributed by atoms with Crippen molar-refractivity contribution in [3.8, 4) is 0 Å². The highest BCUT2D eigenvalue weighted by Crippen LogP contribution is 2.31. The van der Waals surface area contributed by atoms with Crippen molar-refractivity contribution >= 4 is 5.91 Å². The van der Waals surface area contributed by atoms with Crippen LogP contribution in [0.2, 0.25) is 0 Å². The molecule has 22 heavy (non-hydrogen) atoms. The Labute approximate surface area is 127 Å². The lowest BCUT2D eigenvalue weighted by molar-refractivity contribution is -0.136. The van der Waals surface area contributed by atoms with E-state index < -0.39 is 5.60 Å². The summed E-state index contributed by atoms with van der Waals surface area (Å²) in [4.78, 5) is 18.2. The predicted octanol–water partition coefficient (Wildman–Crippen LogP) is -0.113. The molecule has 0 unspecified atom stereocenters. The van der Waals surface area contributed by atoms with Gasteiger partial charge in [0.05, 0.1) is 5.69 Å². The fourth-order valence-electron chi connectivity index (χ4n) is 2.62. The lowest BCUT2D eigenvalue weighted by atomic mass is 9.87. The number of aryl methyl sites for hydroxylation is 1. The van der Waals surface area contributed by atoms with E-state index in [0.29, 0.717) is 31.6 Å². The number of pyridine rings is 1. The highest BCUT2D eigenvalue weighted by atomic mass is 16.3. The molecule has 1 N–H and O–H groups in total. The van der Waals surface area contributed by atoms with Crippen LogP contribution in [0, 0.1) is 6.92 Å². The van der Waals surface area contributed by atoms with Gasteiger partial charge in [0, 0.05) is 19.3 Å². The third-order valence-electron chi connectivity index (χ3n) is 4.02. The van der Waals surface area contributed by atoms with Crippen molar-refractivity contribution in [1.29, 1.82) is 0 Å². The minimum Gasteiger partial charge on any atom is -0.383 e. The fourth-order valence-corrected chi connectivity index (χ4v) is 2.62. The van der Waals surface area contributed by atoms with Gasteiger partial charge in [-0.15, -0.1) is 5.10 Å². The summed E-state index contributed by atoms with van der Waals surface area (Å²) in [5, 5.41) is 21.4. The Bertz CT molecular complexity index is 632. The van der Waals surface area contributed by atoms with Gasteiger partial charge in [-0.05, 0) is 41.8 Å². The Morgan fingerprint density at radius 1 is 1.36 bits per heavy atom. The van der Waals surface area contributed by atoms with Gasteiger partial charge < -0.3 is 10.0 Å². The van der Waals surface area contributed by atoms with Crippen LogP contribution in [0.1, 0.15) is 24.1 Å². The number of tetrazole rings is 1. The molecule has 0 bridgehead atoms. The summed E-state index contributed by atoms with van der Waals surface area (Å²) in [7, 11) is 0. The van der Waals surface area contributed by atoms with Crippen LogP contribution in [0.25, 0.3) is 0 Å². The second kappa shape index (κ2) is 5.80. The van der Waals surface area contributed by atoms with Crippen LogP contribution in [0.15, 0.2) is 24.7 Å². The van der Waals surface area contributed by atoms with Gasteiger partial charge >= 0.3 is 0 Å². The molecule has 0 aliphatic carbocycles. The van der Waals surface area contributed by atoms with Crippen LogP contribution in [-0.2, 0) is 16.9 Å². The molecule has 1 aliphatic heterocycles. The van der Waals surface area contributed by atoms with E-state index >= 15 is 0 Å². The smallest absolute Gasteiger partial charge is 0.244 e. The van der Waals surface area contributed by atoms with Crippen molar-refractivity contribution < 1.29 is 9.90 Å². The largest absolute Gasteiger partial charge is 0.383 e. The van der Waals surface area contributed by atoms with E-state index in [1.165, 1.54) is 11.0 Å². The average Bonchev–Trinajstić information content (AvgIpc) is 3.01. The zero-order chi connectivity index (χ0) is 15.6. The van der Waals surface area contributed by atoms with Gasteiger partial charge in [0.1, 0.15) is 18.5 Å². The van der Waals surface area contributed by atoms with Gasteiger partial charge in [-0.3, -0.25) is 9.78 Å². The predicted molar refractivity (Wildman–Crippen MR) is 76.5 cm³/mol. The van der Waals surface area contributed by atoms with Crippen molar-refractivity contribution in [2.24, 2.45) is 0 Å². The molecular formula is C14H18N6O2. The highest BCUT2D eigenvalue weighted by Gasteiger charge is 2.36. The number of hydrogen-bond donors (Lipinski definition) is 1. The van der Waals surface area contributed by atoms with Gasteiger partial charge in [-0.1, -0.05) is 6.07 Å². The normalized spacial score (nSPS) is 17.5. The number of amides is 1. The number of likely N-dealkylation sites (tertiary alicyclic amines) is 1. The molecule has 8 heteroatoms. The number of aromatic nitrogens is 5. The van der Waals surface area contributed by atoms with Crippen LogP contribution < -0.4 is 0 Å². The third-order valence-corrected chi connectivity index (χ3v) is 4.02. The summed E-state index contributed by atoms with van der Waals surface area (Å²) in [6, 6.07) is 3.80. The van der Waals surface area contributed by atoms with E-state index in [1.54, 1.807) is 11.1 Å². The molecule has 0 atom stereocenters. The minimum absolute atomic E-state index is 0.0498. The first kappa shape index (κ1) is 14.6. The van der Waals surface area contributed by atoms with E-state index in [1.807, 2.05) is 19.1 Å². The molecule has 1 saturated heterocycles. The molecule has 0 radical (unpaired) electrons. The lowest BCUT2D eigenvalue weighted by Gasteiger charge is -2.37.